The van der Waals surface area contributed by atoms with Crippen LogP contribution in [0.5, 0.6) is 0 Å². The Hall–Kier alpha value is -2.69. The number of carbonyl (C=O) groups excluding carboxylic acids is 1. The molecule has 0 fully saturated rings. The Morgan fingerprint density at radius 1 is 0.926 bits per heavy atom. The van der Waals surface area contributed by atoms with E-state index in [9.17, 15) is 14.9 Å². The van der Waals surface area contributed by atoms with Gasteiger partial charge in [-0.15, -0.1) is 0 Å². The molecule has 0 aliphatic heterocycles. The van der Waals surface area contributed by atoms with Crippen molar-refractivity contribution in [3.63, 3.8) is 0 Å². The molecule has 0 unspecified atom stereocenters. The molecule has 0 atom stereocenters. The summed E-state index contributed by atoms with van der Waals surface area (Å²) in [5.41, 5.74) is 11.0. The van der Waals surface area contributed by atoms with Gasteiger partial charge in [0.25, 0.3) is 5.69 Å². The molecule has 2 N–H and O–H groups in total. The fourth-order valence-electron chi connectivity index (χ4n) is 4.04. The predicted molar refractivity (Wildman–Crippen MR) is 107 cm³/mol. The minimum Gasteiger partial charge on any atom is -0.399 e. The highest BCUT2D eigenvalue weighted by molar-refractivity contribution is 6.04. The van der Waals surface area contributed by atoms with Crippen molar-refractivity contribution in [1.82, 2.24) is 0 Å². The normalized spacial score (nSPS) is 18.3. The lowest BCUT2D eigenvalue weighted by Crippen LogP contribution is -2.18. The molecule has 5 heteroatoms. The molecule has 27 heavy (non-hydrogen) atoms. The molecule has 0 bridgehead atoms. The second-order valence-corrected chi connectivity index (χ2v) is 9.03. The third kappa shape index (κ3) is 3.87. The summed E-state index contributed by atoms with van der Waals surface area (Å²) in [7, 11) is 0. The first-order chi connectivity index (χ1) is 12.5. The monoisotopic (exact) mass is 366 g/mol. The van der Waals surface area contributed by atoms with Crippen molar-refractivity contribution in [3.05, 3.63) is 68.8 Å². The van der Waals surface area contributed by atoms with Gasteiger partial charge in [0.15, 0.2) is 5.78 Å². The molecule has 0 heterocycles. The van der Waals surface area contributed by atoms with Crippen molar-refractivity contribution in [2.45, 2.75) is 47.0 Å². The standard InChI is InChI=1S/C11H11NO3.C11H15N/c1-11(2)6-7-3-4-8(12(14)15)5-9(7)10(11)13;1-11(2)6-8-3-4-10(12)5-9(8)7-11/h3-5H,6H2,1-2H3;3-5H,6-7,12H2,1-2H3. The first-order valence-corrected chi connectivity index (χ1v) is 9.18. The van der Waals surface area contributed by atoms with E-state index < -0.39 is 10.3 Å². The zero-order valence-corrected chi connectivity index (χ0v) is 16.3. The summed E-state index contributed by atoms with van der Waals surface area (Å²) in [6, 6.07) is 10.8. The van der Waals surface area contributed by atoms with Gasteiger partial charge in [0.05, 0.1) is 4.92 Å². The zero-order valence-electron chi connectivity index (χ0n) is 16.3. The summed E-state index contributed by atoms with van der Waals surface area (Å²) in [6.07, 6.45) is 3.04. The van der Waals surface area contributed by atoms with Crippen LogP contribution in [0.15, 0.2) is 36.4 Å². The molecule has 0 spiro atoms. The van der Waals surface area contributed by atoms with E-state index in [2.05, 4.69) is 26.0 Å². The molecule has 4 rings (SSSR count). The van der Waals surface area contributed by atoms with Gasteiger partial charge < -0.3 is 5.73 Å². The topological polar surface area (TPSA) is 86.2 Å². The van der Waals surface area contributed by atoms with Crippen LogP contribution in [0.3, 0.4) is 0 Å². The number of carbonyl (C=O) groups is 1. The molecule has 0 saturated heterocycles. The molecule has 2 aromatic rings. The van der Waals surface area contributed by atoms with E-state index in [1.54, 1.807) is 6.07 Å². The van der Waals surface area contributed by atoms with Gasteiger partial charge in [-0.2, -0.15) is 0 Å². The summed E-state index contributed by atoms with van der Waals surface area (Å²) >= 11 is 0. The number of fused-ring (bicyclic) bond motifs is 2. The quantitative estimate of drug-likeness (QED) is 0.448. The number of anilines is 1. The number of rotatable bonds is 1. The third-order valence-electron chi connectivity index (χ3n) is 5.36. The van der Waals surface area contributed by atoms with E-state index in [4.69, 9.17) is 5.73 Å². The third-order valence-corrected chi connectivity index (χ3v) is 5.36. The lowest BCUT2D eigenvalue weighted by molar-refractivity contribution is -0.384. The van der Waals surface area contributed by atoms with E-state index in [1.807, 2.05) is 19.9 Å². The number of nitrogens with two attached hydrogens (primary N) is 1. The maximum Gasteiger partial charge on any atom is 0.270 e. The van der Waals surface area contributed by atoms with Gasteiger partial charge in [0.1, 0.15) is 0 Å². The molecule has 0 radical (unpaired) electrons. The molecule has 2 aliphatic rings. The minimum atomic E-state index is -0.473. The van der Waals surface area contributed by atoms with Gasteiger partial charge in [-0.3, -0.25) is 14.9 Å². The first kappa shape index (κ1) is 19.1. The van der Waals surface area contributed by atoms with Crippen LogP contribution in [-0.2, 0) is 19.3 Å². The molecule has 0 amide bonds. The maximum absolute atomic E-state index is 11.9. The van der Waals surface area contributed by atoms with E-state index in [1.165, 1.54) is 36.1 Å². The predicted octanol–water partition coefficient (Wildman–Crippen LogP) is 4.75. The average molecular weight is 366 g/mol. The molecule has 0 saturated carbocycles. The zero-order chi connectivity index (χ0) is 20.0. The van der Waals surface area contributed by atoms with Crippen molar-refractivity contribution in [2.24, 2.45) is 10.8 Å². The Balaban J connectivity index is 0.000000159. The van der Waals surface area contributed by atoms with E-state index in [0.717, 1.165) is 11.3 Å². The summed E-state index contributed by atoms with van der Waals surface area (Å²) in [6.45, 7) is 8.34. The molecule has 2 aromatic carbocycles. The molecular weight excluding hydrogens is 340 g/mol. The number of hydrogen-bond donors (Lipinski definition) is 1. The van der Waals surface area contributed by atoms with Gasteiger partial charge in [-0.1, -0.05) is 39.8 Å². The number of nitro groups is 1. The number of Topliss-reactive ketones (excluding diaryl/α,β-unsaturated/α-hetero) is 1. The molecule has 142 valence electrons. The molecule has 2 aliphatic carbocycles. The highest BCUT2D eigenvalue weighted by Crippen LogP contribution is 2.38. The number of non-ortho nitro benzene ring substituents is 1. The van der Waals surface area contributed by atoms with Crippen LogP contribution >= 0.6 is 0 Å². The highest BCUT2D eigenvalue weighted by atomic mass is 16.6. The average Bonchev–Trinajstić information content (AvgIpc) is 2.99. The number of hydrogen-bond acceptors (Lipinski definition) is 4. The van der Waals surface area contributed by atoms with Crippen LogP contribution in [0, 0.1) is 20.9 Å². The second kappa shape index (κ2) is 6.48. The Bertz CT molecular complexity index is 929. The molecule has 0 aromatic heterocycles. The van der Waals surface area contributed by atoms with Crippen LogP contribution in [0.25, 0.3) is 0 Å². The smallest absolute Gasteiger partial charge is 0.270 e. The summed E-state index contributed by atoms with van der Waals surface area (Å²) in [5.74, 6) is 0.00111. The van der Waals surface area contributed by atoms with Crippen molar-refractivity contribution >= 4 is 17.2 Å². The molecular formula is C22H26N2O3. The Labute approximate surface area is 159 Å². The van der Waals surface area contributed by atoms with Gasteiger partial charge in [0, 0.05) is 28.8 Å². The Morgan fingerprint density at radius 3 is 2.22 bits per heavy atom. The Morgan fingerprint density at radius 2 is 1.56 bits per heavy atom. The minimum absolute atomic E-state index is 0.00111. The van der Waals surface area contributed by atoms with Crippen LogP contribution in [-0.4, -0.2) is 10.7 Å². The van der Waals surface area contributed by atoms with Crippen LogP contribution in [0.1, 0.15) is 54.7 Å². The van der Waals surface area contributed by atoms with Crippen LogP contribution < -0.4 is 5.73 Å². The van der Waals surface area contributed by atoms with E-state index in [-0.39, 0.29) is 11.5 Å². The SMILES string of the molecule is CC1(C)Cc2ccc(N)cc2C1.CC1(C)Cc2ccc([N+](=O)[O-])cc2C1=O. The van der Waals surface area contributed by atoms with Gasteiger partial charge in [0.2, 0.25) is 0 Å². The summed E-state index contributed by atoms with van der Waals surface area (Å²) in [4.78, 5) is 22.0. The fraction of sp³-hybridized carbons (Fsp3) is 0.409. The van der Waals surface area contributed by atoms with Gasteiger partial charge in [-0.25, -0.2) is 0 Å². The van der Waals surface area contributed by atoms with Gasteiger partial charge in [-0.05, 0) is 53.5 Å². The number of benzene rings is 2. The Kier molecular flexibility index (Phi) is 4.58. The molecule has 5 nitrogen and oxygen atoms in total. The fourth-order valence-corrected chi connectivity index (χ4v) is 4.04. The van der Waals surface area contributed by atoms with Crippen LogP contribution in [0.4, 0.5) is 11.4 Å². The lowest BCUT2D eigenvalue weighted by atomic mass is 9.89. The number of nitro benzene ring substituents is 1. The lowest BCUT2D eigenvalue weighted by Gasteiger charge is -2.14. The number of nitrogens with zero attached hydrogens (tertiary/aromatic N) is 1. The number of nitrogen functional groups attached to an aromatic ring is 1. The van der Waals surface area contributed by atoms with Crippen molar-refractivity contribution in [3.8, 4) is 0 Å². The van der Waals surface area contributed by atoms with Crippen LogP contribution in [0.2, 0.25) is 0 Å². The van der Waals surface area contributed by atoms with Gasteiger partial charge >= 0.3 is 0 Å². The first-order valence-electron chi connectivity index (χ1n) is 9.18. The summed E-state index contributed by atoms with van der Waals surface area (Å²) < 4.78 is 0. The number of ketones is 1. The van der Waals surface area contributed by atoms with Crippen molar-refractivity contribution in [1.29, 1.82) is 0 Å². The van der Waals surface area contributed by atoms with E-state index >= 15 is 0 Å². The highest BCUT2D eigenvalue weighted by Gasteiger charge is 2.38. The largest absolute Gasteiger partial charge is 0.399 e. The van der Waals surface area contributed by atoms with Crippen molar-refractivity contribution < 1.29 is 9.72 Å². The van der Waals surface area contributed by atoms with E-state index in [0.29, 0.717) is 17.4 Å². The summed E-state index contributed by atoms with van der Waals surface area (Å²) in [5, 5.41) is 10.6. The second-order valence-electron chi connectivity index (χ2n) is 9.03. The van der Waals surface area contributed by atoms with Crippen molar-refractivity contribution in [2.75, 3.05) is 5.73 Å². The maximum atomic E-state index is 11.9.